The van der Waals surface area contributed by atoms with E-state index >= 15 is 0 Å². The molecule has 0 aliphatic rings. The molecule has 1 nitrogen and oxygen atoms in total. The van der Waals surface area contributed by atoms with Gasteiger partial charge in [-0.15, -0.1) is 0 Å². The fourth-order valence-electron chi connectivity index (χ4n) is 1.16. The minimum absolute atomic E-state index is 0.927. The summed E-state index contributed by atoms with van der Waals surface area (Å²) in [6.45, 7) is 5.47. The van der Waals surface area contributed by atoms with Gasteiger partial charge in [-0.3, -0.25) is 0 Å². The third kappa shape index (κ3) is 4.82. The minimum atomic E-state index is -0.930. The molecule has 0 atom stereocenters. The lowest BCUT2D eigenvalue weighted by atomic mass is 10.1. The predicted octanol–water partition coefficient (Wildman–Crippen LogP) is 3.23. The second-order valence-corrected chi connectivity index (χ2v) is 4.24. The molecule has 0 heterocycles. The fraction of sp³-hybridized carbons (Fsp3) is 0.333. The first kappa shape index (κ1) is 12.5. The Morgan fingerprint density at radius 2 is 1.88 bits per heavy atom. The standard InChI is InChI=1S/C15H18O/c1-4-5-6-13-7-9-14(10-8-13)11-12-15(2,3)16/h5-10,16H,4H2,1-3H3. The highest BCUT2D eigenvalue weighted by molar-refractivity contribution is 5.51. The lowest BCUT2D eigenvalue weighted by molar-refractivity contribution is 0.143. The summed E-state index contributed by atoms with van der Waals surface area (Å²) in [6, 6.07) is 7.99. The zero-order valence-electron chi connectivity index (χ0n) is 10.1. The molecule has 84 valence electrons. The molecule has 0 bridgehead atoms. The average molecular weight is 214 g/mol. The van der Waals surface area contributed by atoms with Crippen LogP contribution in [-0.4, -0.2) is 10.7 Å². The van der Waals surface area contributed by atoms with Gasteiger partial charge in [-0.1, -0.05) is 43.0 Å². The summed E-state index contributed by atoms with van der Waals surface area (Å²) in [4.78, 5) is 0. The molecule has 0 aliphatic heterocycles. The SMILES string of the molecule is CCC=Cc1ccc(C#CC(C)(C)O)cc1. The summed E-state index contributed by atoms with van der Waals surface area (Å²) in [7, 11) is 0. The molecule has 1 N–H and O–H groups in total. The monoisotopic (exact) mass is 214 g/mol. The van der Waals surface area contributed by atoms with E-state index in [1.165, 1.54) is 5.56 Å². The maximum atomic E-state index is 9.46. The van der Waals surface area contributed by atoms with Gasteiger partial charge in [0.2, 0.25) is 0 Å². The molecule has 0 radical (unpaired) electrons. The topological polar surface area (TPSA) is 20.2 Å². The number of hydrogen-bond acceptors (Lipinski definition) is 1. The molecule has 0 saturated heterocycles. The Morgan fingerprint density at radius 1 is 1.25 bits per heavy atom. The Labute approximate surface area is 97.8 Å². The maximum absolute atomic E-state index is 9.46. The number of benzene rings is 1. The van der Waals surface area contributed by atoms with E-state index in [0.717, 1.165) is 12.0 Å². The van der Waals surface area contributed by atoms with E-state index in [0.29, 0.717) is 0 Å². The van der Waals surface area contributed by atoms with Crippen LogP contribution in [0.15, 0.2) is 30.3 Å². The zero-order chi connectivity index (χ0) is 12.0. The van der Waals surface area contributed by atoms with Crippen molar-refractivity contribution in [2.75, 3.05) is 0 Å². The highest BCUT2D eigenvalue weighted by Gasteiger charge is 2.05. The van der Waals surface area contributed by atoms with Gasteiger partial charge in [-0.2, -0.15) is 0 Å². The van der Waals surface area contributed by atoms with Gasteiger partial charge in [0.15, 0.2) is 0 Å². The van der Waals surface area contributed by atoms with Crippen molar-refractivity contribution in [3.63, 3.8) is 0 Å². The first-order valence-electron chi connectivity index (χ1n) is 5.53. The third-order valence-electron chi connectivity index (χ3n) is 1.97. The van der Waals surface area contributed by atoms with Crippen molar-refractivity contribution in [1.82, 2.24) is 0 Å². The Kier molecular flexibility index (Phi) is 4.34. The second kappa shape index (κ2) is 5.53. The van der Waals surface area contributed by atoms with Crippen LogP contribution in [-0.2, 0) is 0 Å². The van der Waals surface area contributed by atoms with Crippen LogP contribution in [0.3, 0.4) is 0 Å². The number of aliphatic hydroxyl groups is 1. The number of rotatable bonds is 2. The predicted molar refractivity (Wildman–Crippen MR) is 68.9 cm³/mol. The lowest BCUT2D eigenvalue weighted by Gasteiger charge is -2.05. The van der Waals surface area contributed by atoms with Crippen LogP contribution in [0.25, 0.3) is 6.08 Å². The van der Waals surface area contributed by atoms with Crippen LogP contribution in [0.5, 0.6) is 0 Å². The molecule has 0 spiro atoms. The van der Waals surface area contributed by atoms with Crippen LogP contribution in [0, 0.1) is 11.8 Å². The number of allylic oxidation sites excluding steroid dienone is 1. The van der Waals surface area contributed by atoms with E-state index < -0.39 is 5.60 Å². The van der Waals surface area contributed by atoms with Crippen LogP contribution in [0.4, 0.5) is 0 Å². The van der Waals surface area contributed by atoms with Gasteiger partial charge in [0.1, 0.15) is 5.60 Å². The quantitative estimate of drug-likeness (QED) is 0.749. The highest BCUT2D eigenvalue weighted by atomic mass is 16.3. The summed E-state index contributed by atoms with van der Waals surface area (Å²) >= 11 is 0. The summed E-state index contributed by atoms with van der Waals surface area (Å²) in [6.07, 6.45) is 5.25. The van der Waals surface area contributed by atoms with Crippen molar-refractivity contribution < 1.29 is 5.11 Å². The highest BCUT2D eigenvalue weighted by Crippen LogP contribution is 2.06. The molecular weight excluding hydrogens is 196 g/mol. The van der Waals surface area contributed by atoms with E-state index in [4.69, 9.17) is 0 Å². The van der Waals surface area contributed by atoms with E-state index in [-0.39, 0.29) is 0 Å². The molecule has 1 aromatic carbocycles. The molecule has 1 rings (SSSR count). The van der Waals surface area contributed by atoms with E-state index in [2.05, 4.69) is 30.9 Å². The molecule has 0 aromatic heterocycles. The zero-order valence-corrected chi connectivity index (χ0v) is 10.1. The Balaban J connectivity index is 2.78. The third-order valence-corrected chi connectivity index (χ3v) is 1.97. The molecule has 0 fully saturated rings. The first-order chi connectivity index (χ1) is 7.51. The Bertz CT molecular complexity index is 407. The summed E-state index contributed by atoms with van der Waals surface area (Å²) < 4.78 is 0. The molecule has 0 amide bonds. The van der Waals surface area contributed by atoms with E-state index in [1.807, 2.05) is 24.3 Å². The molecule has 0 saturated carbocycles. The first-order valence-corrected chi connectivity index (χ1v) is 5.53. The van der Waals surface area contributed by atoms with E-state index in [9.17, 15) is 5.11 Å². The molecule has 0 aliphatic carbocycles. The summed E-state index contributed by atoms with van der Waals surface area (Å²) in [5.41, 5.74) is 1.17. The van der Waals surface area contributed by atoms with Crippen LogP contribution in [0.1, 0.15) is 38.3 Å². The van der Waals surface area contributed by atoms with Crippen molar-refractivity contribution in [3.05, 3.63) is 41.5 Å². The minimum Gasteiger partial charge on any atom is -0.378 e. The Morgan fingerprint density at radius 3 is 2.38 bits per heavy atom. The molecule has 1 heteroatoms. The van der Waals surface area contributed by atoms with Crippen LogP contribution >= 0.6 is 0 Å². The summed E-state index contributed by atoms with van der Waals surface area (Å²) in [5.74, 6) is 5.73. The number of hydrogen-bond donors (Lipinski definition) is 1. The molecule has 1 aromatic rings. The van der Waals surface area contributed by atoms with Crippen molar-refractivity contribution in [2.24, 2.45) is 0 Å². The van der Waals surface area contributed by atoms with Gasteiger partial charge in [0, 0.05) is 5.56 Å². The average Bonchev–Trinajstić information content (AvgIpc) is 2.24. The van der Waals surface area contributed by atoms with Crippen molar-refractivity contribution in [1.29, 1.82) is 0 Å². The normalized spacial score (nSPS) is 11.2. The maximum Gasteiger partial charge on any atom is 0.120 e. The smallest absolute Gasteiger partial charge is 0.120 e. The largest absolute Gasteiger partial charge is 0.378 e. The van der Waals surface area contributed by atoms with Gasteiger partial charge in [-0.25, -0.2) is 0 Å². The van der Waals surface area contributed by atoms with Gasteiger partial charge < -0.3 is 5.11 Å². The molecular formula is C15H18O. The van der Waals surface area contributed by atoms with Crippen LogP contribution in [0.2, 0.25) is 0 Å². The van der Waals surface area contributed by atoms with Crippen molar-refractivity contribution in [3.8, 4) is 11.8 Å². The molecule has 0 unspecified atom stereocenters. The van der Waals surface area contributed by atoms with Gasteiger partial charge in [0.05, 0.1) is 0 Å². The van der Waals surface area contributed by atoms with Gasteiger partial charge in [-0.05, 0) is 38.0 Å². The molecule has 16 heavy (non-hydrogen) atoms. The van der Waals surface area contributed by atoms with Gasteiger partial charge in [0.25, 0.3) is 0 Å². The van der Waals surface area contributed by atoms with E-state index in [1.54, 1.807) is 13.8 Å². The second-order valence-electron chi connectivity index (χ2n) is 4.24. The lowest BCUT2D eigenvalue weighted by Crippen LogP contribution is -2.14. The fourth-order valence-corrected chi connectivity index (χ4v) is 1.16. The Hall–Kier alpha value is -1.52. The van der Waals surface area contributed by atoms with Crippen LogP contribution < -0.4 is 0 Å². The van der Waals surface area contributed by atoms with Crippen molar-refractivity contribution in [2.45, 2.75) is 32.8 Å². The van der Waals surface area contributed by atoms with Gasteiger partial charge >= 0.3 is 0 Å². The summed E-state index contributed by atoms with van der Waals surface area (Å²) in [5, 5.41) is 9.46. The van der Waals surface area contributed by atoms with Crippen molar-refractivity contribution >= 4 is 6.08 Å².